The van der Waals surface area contributed by atoms with Gasteiger partial charge in [0.15, 0.2) is 0 Å². The van der Waals surface area contributed by atoms with Crippen LogP contribution < -0.4 is 5.32 Å². The molecule has 0 atom stereocenters. The molecule has 0 aromatic heterocycles. The molecule has 1 aromatic rings. The van der Waals surface area contributed by atoms with E-state index in [2.05, 4.69) is 5.32 Å². The average Bonchev–Trinajstić information content (AvgIpc) is 2.79. The maximum atomic E-state index is 13.7. The fourth-order valence-corrected chi connectivity index (χ4v) is 2.44. The molecule has 0 radical (unpaired) electrons. The molecular formula is C14H17FN2O. The molecule has 0 saturated heterocycles. The Bertz CT molecular complexity index is 461. The highest BCUT2D eigenvalue weighted by Crippen LogP contribution is 2.28. The van der Waals surface area contributed by atoms with Crippen LogP contribution in [0, 0.1) is 17.1 Å². The van der Waals surface area contributed by atoms with Crippen LogP contribution in [0.4, 0.5) is 4.39 Å². The van der Waals surface area contributed by atoms with Crippen molar-refractivity contribution >= 4 is 0 Å². The first-order valence-corrected chi connectivity index (χ1v) is 6.25. The van der Waals surface area contributed by atoms with Crippen molar-refractivity contribution in [3.05, 3.63) is 35.1 Å². The average molecular weight is 248 g/mol. The largest absolute Gasteiger partial charge is 0.389 e. The van der Waals surface area contributed by atoms with Crippen LogP contribution in [-0.4, -0.2) is 17.3 Å². The molecule has 18 heavy (non-hydrogen) atoms. The zero-order chi connectivity index (χ0) is 13.0. The Morgan fingerprint density at radius 2 is 2.11 bits per heavy atom. The minimum atomic E-state index is -0.636. The van der Waals surface area contributed by atoms with Crippen molar-refractivity contribution in [1.29, 1.82) is 5.26 Å². The van der Waals surface area contributed by atoms with Gasteiger partial charge < -0.3 is 10.4 Å². The smallest absolute Gasteiger partial charge is 0.145 e. The summed E-state index contributed by atoms with van der Waals surface area (Å²) in [6.07, 6.45) is 3.72. The van der Waals surface area contributed by atoms with Gasteiger partial charge in [-0.15, -0.1) is 0 Å². The van der Waals surface area contributed by atoms with Crippen molar-refractivity contribution in [2.75, 3.05) is 6.54 Å². The summed E-state index contributed by atoms with van der Waals surface area (Å²) in [6, 6.07) is 6.61. The van der Waals surface area contributed by atoms with Gasteiger partial charge in [-0.25, -0.2) is 4.39 Å². The summed E-state index contributed by atoms with van der Waals surface area (Å²) >= 11 is 0. The second-order valence-electron chi connectivity index (χ2n) is 4.93. The van der Waals surface area contributed by atoms with Gasteiger partial charge in [-0.05, 0) is 18.9 Å². The predicted octanol–water partition coefficient (Wildman–Crippen LogP) is 2.09. The Morgan fingerprint density at radius 1 is 1.39 bits per heavy atom. The summed E-state index contributed by atoms with van der Waals surface area (Å²) in [7, 11) is 0. The topological polar surface area (TPSA) is 56.0 Å². The molecule has 0 aliphatic heterocycles. The molecule has 1 saturated carbocycles. The fourth-order valence-electron chi connectivity index (χ4n) is 2.44. The van der Waals surface area contributed by atoms with Crippen molar-refractivity contribution in [2.45, 2.75) is 37.8 Å². The van der Waals surface area contributed by atoms with E-state index < -0.39 is 11.4 Å². The van der Waals surface area contributed by atoms with E-state index in [1.807, 2.05) is 6.07 Å². The zero-order valence-electron chi connectivity index (χ0n) is 10.2. The van der Waals surface area contributed by atoms with Gasteiger partial charge in [-0.2, -0.15) is 5.26 Å². The Hall–Kier alpha value is -1.44. The lowest BCUT2D eigenvalue weighted by Crippen LogP contribution is -2.37. The minimum Gasteiger partial charge on any atom is -0.389 e. The van der Waals surface area contributed by atoms with Gasteiger partial charge >= 0.3 is 0 Å². The molecule has 4 heteroatoms. The molecule has 1 aliphatic rings. The summed E-state index contributed by atoms with van der Waals surface area (Å²) in [5.41, 5.74) is -0.104. The number of nitriles is 1. The van der Waals surface area contributed by atoms with Crippen LogP contribution in [0.25, 0.3) is 0 Å². The van der Waals surface area contributed by atoms with Crippen LogP contribution in [0.5, 0.6) is 0 Å². The van der Waals surface area contributed by atoms with Crippen LogP contribution in [0.15, 0.2) is 18.2 Å². The van der Waals surface area contributed by atoms with Crippen molar-refractivity contribution in [1.82, 2.24) is 5.32 Å². The normalized spacial score (nSPS) is 17.6. The van der Waals surface area contributed by atoms with Gasteiger partial charge in [0, 0.05) is 18.7 Å². The monoisotopic (exact) mass is 248 g/mol. The number of nitrogens with one attached hydrogen (secondary N) is 1. The molecule has 0 heterocycles. The van der Waals surface area contributed by atoms with E-state index in [1.165, 1.54) is 6.07 Å². The highest BCUT2D eigenvalue weighted by atomic mass is 19.1. The van der Waals surface area contributed by atoms with E-state index in [4.69, 9.17) is 5.26 Å². The van der Waals surface area contributed by atoms with Crippen LogP contribution in [0.3, 0.4) is 0 Å². The molecule has 0 spiro atoms. The third-order valence-corrected chi connectivity index (χ3v) is 3.50. The zero-order valence-corrected chi connectivity index (χ0v) is 10.2. The van der Waals surface area contributed by atoms with Gasteiger partial charge in [0.1, 0.15) is 11.9 Å². The van der Waals surface area contributed by atoms with Crippen molar-refractivity contribution in [3.63, 3.8) is 0 Å². The fraction of sp³-hybridized carbons (Fsp3) is 0.500. The number of nitrogens with zero attached hydrogens (tertiary/aromatic N) is 1. The third-order valence-electron chi connectivity index (χ3n) is 3.50. The molecule has 96 valence electrons. The van der Waals surface area contributed by atoms with Crippen molar-refractivity contribution in [2.24, 2.45) is 0 Å². The van der Waals surface area contributed by atoms with Crippen LogP contribution in [-0.2, 0) is 6.54 Å². The second-order valence-corrected chi connectivity index (χ2v) is 4.93. The summed E-state index contributed by atoms with van der Waals surface area (Å²) < 4.78 is 13.7. The van der Waals surface area contributed by atoms with Gasteiger partial charge in [0.05, 0.1) is 11.2 Å². The first-order valence-electron chi connectivity index (χ1n) is 6.25. The first-order chi connectivity index (χ1) is 8.64. The molecule has 1 fully saturated rings. The lowest BCUT2D eigenvalue weighted by molar-refractivity contribution is 0.0474. The summed E-state index contributed by atoms with van der Waals surface area (Å²) in [5, 5.41) is 21.9. The Labute approximate surface area is 106 Å². The molecule has 0 unspecified atom stereocenters. The number of rotatable bonds is 4. The summed E-state index contributed by atoms with van der Waals surface area (Å²) in [4.78, 5) is 0. The number of halogens is 1. The van der Waals surface area contributed by atoms with Crippen LogP contribution in [0.2, 0.25) is 0 Å². The maximum absolute atomic E-state index is 13.7. The summed E-state index contributed by atoms with van der Waals surface area (Å²) in [6.45, 7) is 0.812. The van der Waals surface area contributed by atoms with E-state index in [0.29, 0.717) is 18.7 Å². The quantitative estimate of drug-likeness (QED) is 0.857. The van der Waals surface area contributed by atoms with Gasteiger partial charge in [0.2, 0.25) is 0 Å². The second kappa shape index (κ2) is 5.47. The Kier molecular flexibility index (Phi) is 3.95. The van der Waals surface area contributed by atoms with Crippen LogP contribution >= 0.6 is 0 Å². The lowest BCUT2D eigenvalue weighted by atomic mass is 10.0. The molecule has 0 bridgehead atoms. The number of hydrogen-bond acceptors (Lipinski definition) is 3. The highest BCUT2D eigenvalue weighted by Gasteiger charge is 2.30. The maximum Gasteiger partial charge on any atom is 0.145 e. The van der Waals surface area contributed by atoms with Gasteiger partial charge in [-0.3, -0.25) is 0 Å². The molecule has 1 aromatic carbocycles. The van der Waals surface area contributed by atoms with E-state index >= 15 is 0 Å². The number of aliphatic hydroxyl groups is 1. The lowest BCUT2D eigenvalue weighted by Gasteiger charge is -2.22. The molecule has 2 N–H and O–H groups in total. The van der Waals surface area contributed by atoms with Gasteiger partial charge in [0.25, 0.3) is 0 Å². The van der Waals surface area contributed by atoms with E-state index in [0.717, 1.165) is 25.7 Å². The highest BCUT2D eigenvalue weighted by molar-refractivity contribution is 5.34. The van der Waals surface area contributed by atoms with Gasteiger partial charge in [-0.1, -0.05) is 25.0 Å². The predicted molar refractivity (Wildman–Crippen MR) is 66.2 cm³/mol. The number of hydrogen-bond donors (Lipinski definition) is 2. The Balaban J connectivity index is 1.93. The minimum absolute atomic E-state index is 0.0638. The molecule has 1 aliphatic carbocycles. The third kappa shape index (κ3) is 2.87. The van der Waals surface area contributed by atoms with Crippen molar-refractivity contribution in [3.8, 4) is 6.07 Å². The molecular weight excluding hydrogens is 231 g/mol. The Morgan fingerprint density at radius 3 is 2.78 bits per heavy atom. The molecule has 0 amide bonds. The summed E-state index contributed by atoms with van der Waals surface area (Å²) in [5.74, 6) is -0.467. The van der Waals surface area contributed by atoms with E-state index in [9.17, 15) is 9.50 Å². The first kappa shape index (κ1) is 13.0. The van der Waals surface area contributed by atoms with Crippen LogP contribution in [0.1, 0.15) is 36.8 Å². The standard InChI is InChI=1S/C14H17FN2O/c15-13-11(8-16)4-3-5-12(13)9-17-10-14(18)6-1-2-7-14/h3-5,17-18H,1-2,6-7,9-10H2. The number of benzene rings is 1. The molecule has 3 nitrogen and oxygen atoms in total. The SMILES string of the molecule is N#Cc1cccc(CNCC2(O)CCCC2)c1F. The molecule has 2 rings (SSSR count). The van der Waals surface area contributed by atoms with E-state index in [1.54, 1.807) is 12.1 Å². The van der Waals surface area contributed by atoms with Crippen molar-refractivity contribution < 1.29 is 9.50 Å². The van der Waals surface area contributed by atoms with E-state index in [-0.39, 0.29) is 5.56 Å².